The molecule has 0 aromatic carbocycles. The van der Waals surface area contributed by atoms with Crippen LogP contribution in [0.2, 0.25) is 0 Å². The van der Waals surface area contributed by atoms with Crippen molar-refractivity contribution >= 4 is 12.6 Å². The van der Waals surface area contributed by atoms with Crippen LogP contribution in [0.4, 0.5) is 17.6 Å². The fraction of sp³-hybridized carbons (Fsp3) is 0.200. The lowest BCUT2D eigenvalue weighted by atomic mass is 10.2. The van der Waals surface area contributed by atoms with Crippen LogP contribution in [0.1, 0.15) is 30.0 Å². The van der Waals surface area contributed by atoms with Gasteiger partial charge in [0.25, 0.3) is 5.91 Å². The summed E-state index contributed by atoms with van der Waals surface area (Å²) in [5.74, 6) is -1.18. The maximum absolute atomic E-state index is 13.3. The summed E-state index contributed by atoms with van der Waals surface area (Å²) in [7, 11) is 0. The van der Waals surface area contributed by atoms with Gasteiger partial charge < -0.3 is 10.1 Å². The summed E-state index contributed by atoms with van der Waals surface area (Å²) in [6.07, 6.45) is 0.0308. The molecule has 0 fully saturated rings. The Morgan fingerprint density at radius 3 is 2.57 bits per heavy atom. The number of rotatable bonds is 7. The van der Waals surface area contributed by atoms with Crippen molar-refractivity contribution in [3.8, 4) is 11.5 Å². The number of aryl methyl sites for hydroxylation is 1. The Bertz CT molecular complexity index is 1000. The highest BCUT2D eigenvalue weighted by atomic mass is 19.4. The molecule has 0 radical (unpaired) electrons. The second-order valence-electron chi connectivity index (χ2n) is 5.99. The number of aliphatic imine (C=N–C) groups is 1. The van der Waals surface area contributed by atoms with Crippen molar-refractivity contribution in [2.75, 3.05) is 0 Å². The number of amides is 1. The number of allylic oxidation sites excluding steroid dienone is 3. The highest BCUT2D eigenvalue weighted by Gasteiger charge is 2.29. The standard InChI is InChI=1S/C20H18F4N4O2/c1-4-14-8-15(30-16-7-13(21)10-26-11-16)9-17(27-14)19(29)28-18(25-3)6-5-12(2)20(22,23)24/h5-11H,3-4H2,1-2H3,(H,28,29). The van der Waals surface area contributed by atoms with Crippen LogP contribution >= 0.6 is 0 Å². The number of ether oxygens (including phenoxy) is 1. The first-order chi connectivity index (χ1) is 14.1. The molecule has 2 aromatic rings. The number of carbonyl (C=O) groups excluding carboxylic acids is 1. The first-order valence-electron chi connectivity index (χ1n) is 8.65. The molecule has 10 heteroatoms. The van der Waals surface area contributed by atoms with Gasteiger partial charge in [-0.25, -0.2) is 14.4 Å². The molecule has 30 heavy (non-hydrogen) atoms. The molecule has 2 aromatic heterocycles. The van der Waals surface area contributed by atoms with Crippen molar-refractivity contribution in [1.29, 1.82) is 0 Å². The number of carbonyl (C=O) groups is 1. The van der Waals surface area contributed by atoms with Crippen molar-refractivity contribution in [2.24, 2.45) is 4.99 Å². The second kappa shape index (κ2) is 9.77. The topological polar surface area (TPSA) is 76.5 Å². The Morgan fingerprint density at radius 2 is 1.97 bits per heavy atom. The molecule has 2 rings (SSSR count). The third kappa shape index (κ3) is 6.50. The fourth-order valence-corrected chi connectivity index (χ4v) is 2.11. The van der Waals surface area contributed by atoms with Gasteiger partial charge in [-0.15, -0.1) is 0 Å². The quantitative estimate of drug-likeness (QED) is 0.397. The van der Waals surface area contributed by atoms with Crippen LogP contribution in [0.15, 0.2) is 59.1 Å². The van der Waals surface area contributed by atoms with Crippen LogP contribution in [0.25, 0.3) is 0 Å². The summed E-state index contributed by atoms with van der Waals surface area (Å²) >= 11 is 0. The van der Waals surface area contributed by atoms with E-state index in [1.54, 1.807) is 13.0 Å². The highest BCUT2D eigenvalue weighted by molar-refractivity contribution is 5.94. The third-order valence-corrected chi connectivity index (χ3v) is 3.71. The smallest absolute Gasteiger partial charge is 0.412 e. The van der Waals surface area contributed by atoms with E-state index >= 15 is 0 Å². The SMILES string of the molecule is C=NC(=CC=C(C)C(F)(F)F)NC(=O)c1cc(Oc2cncc(F)c2)cc(CC)n1. The summed E-state index contributed by atoms with van der Waals surface area (Å²) < 4.78 is 56.6. The number of hydrogen-bond acceptors (Lipinski definition) is 5. The summed E-state index contributed by atoms with van der Waals surface area (Å²) in [6, 6.07) is 3.99. The molecule has 1 amide bonds. The van der Waals surface area contributed by atoms with E-state index in [0.29, 0.717) is 12.1 Å². The van der Waals surface area contributed by atoms with Crippen molar-refractivity contribution in [3.63, 3.8) is 0 Å². The molecule has 0 saturated carbocycles. The molecule has 0 unspecified atom stereocenters. The summed E-state index contributed by atoms with van der Waals surface area (Å²) in [4.78, 5) is 23.9. The van der Waals surface area contributed by atoms with E-state index in [4.69, 9.17) is 4.74 Å². The van der Waals surface area contributed by atoms with Crippen molar-refractivity contribution < 1.29 is 27.1 Å². The molecular weight excluding hydrogens is 404 g/mol. The van der Waals surface area contributed by atoms with Crippen LogP contribution < -0.4 is 10.1 Å². The minimum absolute atomic E-state index is 0.0696. The molecule has 0 spiro atoms. The van der Waals surface area contributed by atoms with Gasteiger partial charge in [-0.05, 0) is 26.1 Å². The van der Waals surface area contributed by atoms with Gasteiger partial charge in [0.05, 0.1) is 12.4 Å². The van der Waals surface area contributed by atoms with E-state index in [-0.39, 0.29) is 23.0 Å². The Hall–Kier alpha value is -3.56. The van der Waals surface area contributed by atoms with E-state index in [9.17, 15) is 22.4 Å². The predicted octanol–water partition coefficient (Wildman–Crippen LogP) is 4.75. The zero-order valence-corrected chi connectivity index (χ0v) is 16.1. The molecule has 2 heterocycles. The zero-order chi connectivity index (χ0) is 22.3. The molecule has 0 aliphatic heterocycles. The monoisotopic (exact) mass is 422 g/mol. The lowest BCUT2D eigenvalue weighted by Crippen LogP contribution is -2.23. The van der Waals surface area contributed by atoms with Gasteiger partial charge in [-0.1, -0.05) is 13.0 Å². The van der Waals surface area contributed by atoms with Gasteiger partial charge in [0.2, 0.25) is 0 Å². The number of aromatic nitrogens is 2. The van der Waals surface area contributed by atoms with E-state index in [1.165, 1.54) is 12.3 Å². The maximum Gasteiger partial charge on any atom is 0.412 e. The lowest BCUT2D eigenvalue weighted by Gasteiger charge is -2.10. The zero-order valence-electron chi connectivity index (χ0n) is 16.1. The molecule has 0 bridgehead atoms. The normalized spacial score (nSPS) is 12.5. The summed E-state index contributed by atoms with van der Waals surface area (Å²) in [5.41, 5.74) is -0.435. The van der Waals surface area contributed by atoms with Crippen LogP contribution in [0.5, 0.6) is 11.5 Å². The summed E-state index contributed by atoms with van der Waals surface area (Å²) in [6.45, 7) is 5.92. The number of halogens is 4. The molecular formula is C20H18F4N4O2. The Balaban J connectivity index is 2.26. The van der Waals surface area contributed by atoms with E-state index < -0.39 is 23.5 Å². The lowest BCUT2D eigenvalue weighted by molar-refractivity contribution is -0.0913. The van der Waals surface area contributed by atoms with Crippen molar-refractivity contribution in [1.82, 2.24) is 15.3 Å². The Morgan fingerprint density at radius 1 is 1.23 bits per heavy atom. The first-order valence-corrected chi connectivity index (χ1v) is 8.65. The molecule has 1 N–H and O–H groups in total. The average Bonchev–Trinajstić information content (AvgIpc) is 2.69. The van der Waals surface area contributed by atoms with Gasteiger partial charge in [-0.3, -0.25) is 9.78 Å². The fourth-order valence-electron chi connectivity index (χ4n) is 2.11. The van der Waals surface area contributed by atoms with E-state index in [0.717, 1.165) is 31.3 Å². The molecule has 0 aliphatic carbocycles. The van der Waals surface area contributed by atoms with E-state index in [1.807, 2.05) is 0 Å². The number of hydrogen-bond donors (Lipinski definition) is 1. The van der Waals surface area contributed by atoms with Gasteiger partial charge in [0.1, 0.15) is 28.8 Å². The highest BCUT2D eigenvalue weighted by Crippen LogP contribution is 2.25. The molecule has 6 nitrogen and oxygen atoms in total. The van der Waals surface area contributed by atoms with Gasteiger partial charge in [0.15, 0.2) is 0 Å². The Labute approximate surface area is 170 Å². The maximum atomic E-state index is 13.3. The number of nitrogens with zero attached hydrogens (tertiary/aromatic N) is 3. The van der Waals surface area contributed by atoms with Crippen LogP contribution in [0.3, 0.4) is 0 Å². The minimum atomic E-state index is -4.50. The Kier molecular flexibility index (Phi) is 7.40. The van der Waals surface area contributed by atoms with Crippen LogP contribution in [-0.4, -0.2) is 28.8 Å². The second-order valence-corrected chi connectivity index (χ2v) is 5.99. The number of nitrogens with one attached hydrogen (secondary N) is 1. The van der Waals surface area contributed by atoms with Crippen LogP contribution in [-0.2, 0) is 6.42 Å². The minimum Gasteiger partial charge on any atom is -0.455 e. The van der Waals surface area contributed by atoms with E-state index in [2.05, 4.69) is 27.0 Å². The van der Waals surface area contributed by atoms with Crippen LogP contribution in [0, 0.1) is 5.82 Å². The van der Waals surface area contributed by atoms with Gasteiger partial charge in [0, 0.05) is 29.5 Å². The van der Waals surface area contributed by atoms with Crippen molar-refractivity contribution in [2.45, 2.75) is 26.4 Å². The largest absolute Gasteiger partial charge is 0.455 e. The molecule has 0 aliphatic rings. The first kappa shape index (κ1) is 22.7. The van der Waals surface area contributed by atoms with Crippen molar-refractivity contribution in [3.05, 3.63) is 71.3 Å². The molecule has 0 saturated heterocycles. The predicted molar refractivity (Wildman–Crippen MR) is 103 cm³/mol. The van der Waals surface area contributed by atoms with Gasteiger partial charge in [-0.2, -0.15) is 13.2 Å². The molecule has 0 atom stereocenters. The average molecular weight is 422 g/mol. The summed E-state index contributed by atoms with van der Waals surface area (Å²) in [5, 5.41) is 2.33. The third-order valence-electron chi connectivity index (χ3n) is 3.71. The number of pyridine rings is 2. The number of alkyl halides is 3. The molecule has 158 valence electrons. The van der Waals surface area contributed by atoms with Gasteiger partial charge >= 0.3 is 6.18 Å².